The molecule has 1 aromatic carbocycles. The smallest absolute Gasteiger partial charge is 0.149 e. The van der Waals surface area contributed by atoms with Crippen molar-refractivity contribution in [3.63, 3.8) is 0 Å². The Morgan fingerprint density at radius 1 is 1.16 bits per heavy atom. The molecule has 1 aliphatic carbocycles. The highest BCUT2D eigenvalue weighted by atomic mass is 32.2. The largest absolute Gasteiger partial charge is 0.298 e. The summed E-state index contributed by atoms with van der Waals surface area (Å²) < 4.78 is 24.8. The molecule has 2 rings (SSSR count). The van der Waals surface area contributed by atoms with Gasteiger partial charge in [0, 0.05) is 22.5 Å². The number of carbonyl (C=O) groups is 1. The molecule has 104 valence electrons. The van der Waals surface area contributed by atoms with Gasteiger partial charge in [-0.15, -0.1) is 0 Å². The average Bonchev–Trinajstić information content (AvgIpc) is 2.42. The van der Waals surface area contributed by atoms with Gasteiger partial charge >= 0.3 is 0 Å². The van der Waals surface area contributed by atoms with Crippen LogP contribution in [0, 0.1) is 5.82 Å². The Hall–Kier alpha value is -1.03. The molecule has 4 heteroatoms. The van der Waals surface area contributed by atoms with E-state index in [9.17, 15) is 13.4 Å². The standard InChI is InChI=1S/C15H19FO2S/c16-13-8-6-12(7-9-13)10-14(17)11-19(18)15-4-2-1-3-5-15/h6-9,15H,1-5,10-11H2. The number of hydrogen-bond acceptors (Lipinski definition) is 2. The van der Waals surface area contributed by atoms with Crippen LogP contribution in [0.25, 0.3) is 0 Å². The van der Waals surface area contributed by atoms with Crippen molar-refractivity contribution in [3.8, 4) is 0 Å². The summed E-state index contributed by atoms with van der Waals surface area (Å²) in [6.07, 6.45) is 5.69. The maximum atomic E-state index is 12.7. The lowest BCUT2D eigenvalue weighted by Gasteiger charge is -2.20. The van der Waals surface area contributed by atoms with E-state index in [1.807, 2.05) is 0 Å². The summed E-state index contributed by atoms with van der Waals surface area (Å²) in [6, 6.07) is 5.91. The van der Waals surface area contributed by atoms with Crippen LogP contribution in [0.2, 0.25) is 0 Å². The fourth-order valence-electron chi connectivity index (χ4n) is 2.49. The summed E-state index contributed by atoms with van der Waals surface area (Å²) in [6.45, 7) is 0. The molecule has 19 heavy (non-hydrogen) atoms. The van der Waals surface area contributed by atoms with E-state index >= 15 is 0 Å². The van der Waals surface area contributed by atoms with Gasteiger partial charge in [0.15, 0.2) is 0 Å². The maximum absolute atomic E-state index is 12.7. The van der Waals surface area contributed by atoms with Crippen LogP contribution >= 0.6 is 0 Å². The highest BCUT2D eigenvalue weighted by Gasteiger charge is 2.21. The van der Waals surface area contributed by atoms with Gasteiger partial charge in [-0.3, -0.25) is 9.00 Å². The zero-order chi connectivity index (χ0) is 13.7. The molecule has 2 nitrogen and oxygen atoms in total. The normalized spacial score (nSPS) is 18.2. The van der Waals surface area contributed by atoms with Crippen LogP contribution in [0.5, 0.6) is 0 Å². The Labute approximate surface area is 115 Å². The van der Waals surface area contributed by atoms with Crippen molar-refractivity contribution < 1.29 is 13.4 Å². The first kappa shape index (κ1) is 14.4. The lowest BCUT2D eigenvalue weighted by Crippen LogP contribution is -2.25. The molecule has 0 heterocycles. The maximum Gasteiger partial charge on any atom is 0.149 e. The molecule has 1 atom stereocenters. The Bertz CT molecular complexity index is 450. The van der Waals surface area contributed by atoms with Crippen LogP contribution in [0.3, 0.4) is 0 Å². The van der Waals surface area contributed by atoms with E-state index in [2.05, 4.69) is 0 Å². The molecule has 0 aliphatic heterocycles. The van der Waals surface area contributed by atoms with Gasteiger partial charge in [0.2, 0.25) is 0 Å². The predicted molar refractivity (Wildman–Crippen MR) is 75.0 cm³/mol. The fraction of sp³-hybridized carbons (Fsp3) is 0.533. The van der Waals surface area contributed by atoms with Crippen LogP contribution in [0.1, 0.15) is 37.7 Å². The first-order chi connectivity index (χ1) is 9.15. The fourth-order valence-corrected chi connectivity index (χ4v) is 4.00. The molecule has 0 bridgehead atoms. The average molecular weight is 282 g/mol. The van der Waals surface area contributed by atoms with Gasteiger partial charge in [0.1, 0.15) is 11.6 Å². The quantitative estimate of drug-likeness (QED) is 0.832. The van der Waals surface area contributed by atoms with Gasteiger partial charge in [-0.25, -0.2) is 4.39 Å². The van der Waals surface area contributed by atoms with Crippen molar-refractivity contribution >= 4 is 16.6 Å². The second kappa shape index (κ2) is 6.94. The van der Waals surface area contributed by atoms with Crippen molar-refractivity contribution in [3.05, 3.63) is 35.6 Å². The second-order valence-electron chi connectivity index (χ2n) is 5.13. The highest BCUT2D eigenvalue weighted by Crippen LogP contribution is 2.22. The molecular formula is C15H19FO2S. The van der Waals surface area contributed by atoms with Crippen LogP contribution < -0.4 is 0 Å². The van der Waals surface area contributed by atoms with Crippen molar-refractivity contribution in [2.45, 2.75) is 43.8 Å². The van der Waals surface area contributed by atoms with Gasteiger partial charge in [-0.2, -0.15) is 0 Å². The van der Waals surface area contributed by atoms with Gasteiger partial charge in [-0.1, -0.05) is 31.4 Å². The Morgan fingerprint density at radius 3 is 2.42 bits per heavy atom. The summed E-state index contributed by atoms with van der Waals surface area (Å²) in [4.78, 5) is 11.9. The van der Waals surface area contributed by atoms with E-state index in [4.69, 9.17) is 0 Å². The summed E-state index contributed by atoms with van der Waals surface area (Å²) in [5.74, 6) is -0.181. The molecular weight excluding hydrogens is 263 g/mol. The predicted octanol–water partition coefficient (Wildman–Crippen LogP) is 3.02. The Morgan fingerprint density at radius 2 is 1.79 bits per heavy atom. The lowest BCUT2D eigenvalue weighted by atomic mass is 10.0. The van der Waals surface area contributed by atoms with Crippen LogP contribution in [0.15, 0.2) is 24.3 Å². The number of halogens is 1. The topological polar surface area (TPSA) is 34.1 Å². The number of carbonyl (C=O) groups excluding carboxylic acids is 1. The zero-order valence-corrected chi connectivity index (χ0v) is 11.8. The van der Waals surface area contributed by atoms with Crippen molar-refractivity contribution in [2.24, 2.45) is 0 Å². The number of Topliss-reactive ketones (excluding diaryl/α,β-unsaturated/α-hetero) is 1. The SMILES string of the molecule is O=C(Cc1ccc(F)cc1)CS(=O)C1CCCCC1. The van der Waals surface area contributed by atoms with Gasteiger partial charge < -0.3 is 0 Å². The van der Waals surface area contributed by atoms with E-state index in [0.29, 0.717) is 0 Å². The summed E-state index contributed by atoms with van der Waals surface area (Å²) in [5.41, 5.74) is 0.784. The van der Waals surface area contributed by atoms with Crippen molar-refractivity contribution in [1.82, 2.24) is 0 Å². The number of rotatable bonds is 5. The minimum absolute atomic E-state index is 0.0180. The number of benzene rings is 1. The molecule has 1 fully saturated rings. The van der Waals surface area contributed by atoms with Crippen molar-refractivity contribution in [1.29, 1.82) is 0 Å². The Balaban J connectivity index is 1.83. The molecule has 0 radical (unpaired) electrons. The van der Waals surface area contributed by atoms with Crippen LogP contribution in [-0.4, -0.2) is 21.0 Å². The van der Waals surface area contributed by atoms with E-state index < -0.39 is 10.8 Å². The van der Waals surface area contributed by atoms with Gasteiger partial charge in [0.25, 0.3) is 0 Å². The van der Waals surface area contributed by atoms with E-state index in [1.54, 1.807) is 12.1 Å². The molecule has 1 unspecified atom stereocenters. The third-order valence-corrected chi connectivity index (χ3v) is 5.36. The van der Waals surface area contributed by atoms with Crippen molar-refractivity contribution in [2.75, 3.05) is 5.75 Å². The van der Waals surface area contributed by atoms with Crippen LogP contribution in [-0.2, 0) is 22.0 Å². The van der Waals surface area contributed by atoms with Gasteiger partial charge in [0.05, 0.1) is 5.75 Å². The molecule has 0 spiro atoms. The Kier molecular flexibility index (Phi) is 5.25. The molecule has 1 saturated carbocycles. The summed E-state index contributed by atoms with van der Waals surface area (Å²) in [7, 11) is -1.04. The highest BCUT2D eigenvalue weighted by molar-refractivity contribution is 7.86. The first-order valence-electron chi connectivity index (χ1n) is 6.78. The third-order valence-electron chi connectivity index (χ3n) is 3.54. The van der Waals surface area contributed by atoms with Gasteiger partial charge in [-0.05, 0) is 30.5 Å². The molecule has 1 aliphatic rings. The molecule has 0 amide bonds. The van der Waals surface area contributed by atoms with E-state index in [-0.39, 0.29) is 29.0 Å². The minimum atomic E-state index is -1.04. The second-order valence-corrected chi connectivity index (χ2v) is 6.84. The van der Waals surface area contributed by atoms with Crippen LogP contribution in [0.4, 0.5) is 4.39 Å². The van der Waals surface area contributed by atoms with E-state index in [0.717, 1.165) is 31.2 Å². The summed E-state index contributed by atoms with van der Waals surface area (Å²) in [5, 5.41) is 0.200. The minimum Gasteiger partial charge on any atom is -0.298 e. The monoisotopic (exact) mass is 282 g/mol. The zero-order valence-electron chi connectivity index (χ0n) is 10.9. The third kappa shape index (κ3) is 4.53. The van der Waals surface area contributed by atoms with E-state index in [1.165, 1.54) is 18.6 Å². The lowest BCUT2D eigenvalue weighted by molar-refractivity contribution is -0.116. The molecule has 0 N–H and O–H groups in total. The molecule has 1 aromatic rings. The molecule has 0 aromatic heterocycles. The number of ketones is 1. The summed E-state index contributed by atoms with van der Waals surface area (Å²) >= 11 is 0. The molecule has 0 saturated heterocycles. The number of hydrogen-bond donors (Lipinski definition) is 0. The first-order valence-corrected chi connectivity index (χ1v) is 8.16.